The van der Waals surface area contributed by atoms with E-state index in [0.717, 1.165) is 11.1 Å². The van der Waals surface area contributed by atoms with Crippen molar-refractivity contribution in [3.8, 4) is 5.75 Å². The maximum Gasteiger partial charge on any atom is 0.251 e. The van der Waals surface area contributed by atoms with Crippen LogP contribution in [0.2, 0.25) is 5.02 Å². The van der Waals surface area contributed by atoms with Crippen molar-refractivity contribution in [2.24, 2.45) is 0 Å². The molecule has 0 aliphatic rings. The van der Waals surface area contributed by atoms with Crippen molar-refractivity contribution in [3.63, 3.8) is 0 Å². The highest BCUT2D eigenvalue weighted by atomic mass is 35.5. The summed E-state index contributed by atoms with van der Waals surface area (Å²) in [4.78, 5) is 24.0. The first-order valence-electron chi connectivity index (χ1n) is 8.02. The number of rotatable bonds is 7. The summed E-state index contributed by atoms with van der Waals surface area (Å²) in [5, 5.41) is 5.99. The molecule has 0 aliphatic carbocycles. The molecule has 2 aromatic carbocycles. The number of aryl methyl sites for hydroxylation is 1. The summed E-state index contributed by atoms with van der Waals surface area (Å²) in [6, 6.07) is 12.3. The second kappa shape index (κ2) is 9.08. The van der Waals surface area contributed by atoms with Crippen LogP contribution in [0.15, 0.2) is 42.5 Å². The van der Waals surface area contributed by atoms with E-state index >= 15 is 0 Å². The van der Waals surface area contributed by atoms with Crippen LogP contribution in [-0.4, -0.2) is 25.0 Å². The summed E-state index contributed by atoms with van der Waals surface area (Å²) in [5.74, 6) is 0.129. The van der Waals surface area contributed by atoms with Crippen LogP contribution in [0.5, 0.6) is 5.75 Å². The fraction of sp³-hybridized carbons (Fsp3) is 0.263. The van der Waals surface area contributed by atoms with Gasteiger partial charge >= 0.3 is 0 Å². The molecule has 132 valence electrons. The Labute approximate surface area is 152 Å². The highest BCUT2D eigenvalue weighted by Crippen LogP contribution is 2.15. The largest absolute Gasteiger partial charge is 0.494 e. The SMILES string of the molecule is CCOc1ccc(C(=O)NCC(=O)NCc2cc(Cl)ccc2C)cc1. The Hall–Kier alpha value is -2.53. The van der Waals surface area contributed by atoms with E-state index in [4.69, 9.17) is 16.3 Å². The first kappa shape index (κ1) is 18.8. The molecule has 0 saturated carbocycles. The van der Waals surface area contributed by atoms with Crippen LogP contribution < -0.4 is 15.4 Å². The number of ether oxygens (including phenoxy) is 1. The molecule has 0 fully saturated rings. The van der Waals surface area contributed by atoms with Gasteiger partial charge < -0.3 is 15.4 Å². The number of hydrogen-bond acceptors (Lipinski definition) is 3. The molecule has 2 aromatic rings. The van der Waals surface area contributed by atoms with Gasteiger partial charge in [-0.25, -0.2) is 0 Å². The topological polar surface area (TPSA) is 67.4 Å². The summed E-state index contributed by atoms with van der Waals surface area (Å²) < 4.78 is 5.33. The van der Waals surface area contributed by atoms with E-state index in [1.807, 2.05) is 26.0 Å². The van der Waals surface area contributed by atoms with Gasteiger partial charge in [-0.1, -0.05) is 17.7 Å². The molecule has 0 bridgehead atoms. The quantitative estimate of drug-likeness (QED) is 0.797. The zero-order valence-corrected chi connectivity index (χ0v) is 15.0. The molecule has 0 spiro atoms. The first-order chi connectivity index (χ1) is 12.0. The van der Waals surface area contributed by atoms with Crippen molar-refractivity contribution in [2.75, 3.05) is 13.2 Å². The molecule has 0 saturated heterocycles. The van der Waals surface area contributed by atoms with Gasteiger partial charge in [0.05, 0.1) is 13.2 Å². The molecule has 0 aromatic heterocycles. The Kier molecular flexibility index (Phi) is 6.83. The van der Waals surface area contributed by atoms with Crippen LogP contribution in [-0.2, 0) is 11.3 Å². The Morgan fingerprint density at radius 1 is 1.08 bits per heavy atom. The fourth-order valence-electron chi connectivity index (χ4n) is 2.22. The highest BCUT2D eigenvalue weighted by Gasteiger charge is 2.09. The van der Waals surface area contributed by atoms with Crippen LogP contribution in [0.4, 0.5) is 0 Å². The Morgan fingerprint density at radius 3 is 2.48 bits per heavy atom. The molecule has 5 nitrogen and oxygen atoms in total. The Bertz CT molecular complexity index is 745. The van der Waals surface area contributed by atoms with Crippen LogP contribution in [0.1, 0.15) is 28.4 Å². The standard InChI is InChI=1S/C19H21ClN2O3/c1-3-25-17-8-5-14(6-9-17)19(24)22-12-18(23)21-11-15-10-16(20)7-4-13(15)2/h4-10H,3,11-12H2,1-2H3,(H,21,23)(H,22,24). The van der Waals surface area contributed by atoms with Crippen molar-refractivity contribution in [3.05, 3.63) is 64.2 Å². The van der Waals surface area contributed by atoms with E-state index in [2.05, 4.69) is 10.6 Å². The molecule has 0 radical (unpaired) electrons. The minimum Gasteiger partial charge on any atom is -0.494 e. The van der Waals surface area contributed by atoms with Crippen molar-refractivity contribution < 1.29 is 14.3 Å². The Balaban J connectivity index is 1.81. The minimum atomic E-state index is -0.308. The molecule has 2 amide bonds. The molecular formula is C19H21ClN2O3. The molecule has 0 unspecified atom stereocenters. The van der Waals surface area contributed by atoms with E-state index in [-0.39, 0.29) is 18.4 Å². The van der Waals surface area contributed by atoms with E-state index in [1.165, 1.54) is 0 Å². The summed E-state index contributed by atoms with van der Waals surface area (Å²) in [7, 11) is 0. The number of carbonyl (C=O) groups is 2. The van der Waals surface area contributed by atoms with Gasteiger partial charge in [0.2, 0.25) is 5.91 Å². The van der Waals surface area contributed by atoms with Crippen molar-refractivity contribution >= 4 is 23.4 Å². The van der Waals surface area contributed by atoms with Gasteiger partial charge in [0.25, 0.3) is 5.91 Å². The lowest BCUT2D eigenvalue weighted by molar-refractivity contribution is -0.120. The predicted molar refractivity (Wildman–Crippen MR) is 98.0 cm³/mol. The summed E-state index contributed by atoms with van der Waals surface area (Å²) in [6.45, 7) is 4.68. The van der Waals surface area contributed by atoms with Gasteiger partial charge in [-0.15, -0.1) is 0 Å². The summed E-state index contributed by atoms with van der Waals surface area (Å²) in [6.07, 6.45) is 0. The van der Waals surface area contributed by atoms with Gasteiger partial charge in [0, 0.05) is 17.1 Å². The summed E-state index contributed by atoms with van der Waals surface area (Å²) >= 11 is 5.95. The number of halogens is 1. The second-order valence-electron chi connectivity index (χ2n) is 5.49. The fourth-order valence-corrected chi connectivity index (χ4v) is 2.41. The molecule has 0 atom stereocenters. The summed E-state index contributed by atoms with van der Waals surface area (Å²) in [5.41, 5.74) is 2.46. The molecule has 0 aliphatic heterocycles. The lowest BCUT2D eigenvalue weighted by atomic mass is 10.1. The van der Waals surface area contributed by atoms with Crippen LogP contribution in [0.25, 0.3) is 0 Å². The Morgan fingerprint density at radius 2 is 1.80 bits per heavy atom. The average Bonchev–Trinajstić information content (AvgIpc) is 2.61. The van der Waals surface area contributed by atoms with E-state index in [9.17, 15) is 9.59 Å². The van der Waals surface area contributed by atoms with Crippen molar-refractivity contribution in [1.82, 2.24) is 10.6 Å². The van der Waals surface area contributed by atoms with Gasteiger partial charge in [-0.3, -0.25) is 9.59 Å². The number of nitrogens with one attached hydrogen (secondary N) is 2. The predicted octanol–water partition coefficient (Wildman–Crippen LogP) is 3.09. The maximum atomic E-state index is 12.0. The lowest BCUT2D eigenvalue weighted by Gasteiger charge is -2.10. The second-order valence-corrected chi connectivity index (χ2v) is 5.92. The smallest absolute Gasteiger partial charge is 0.251 e. The molecule has 25 heavy (non-hydrogen) atoms. The van der Waals surface area contributed by atoms with E-state index in [0.29, 0.717) is 29.5 Å². The van der Waals surface area contributed by atoms with Gasteiger partial charge in [0.1, 0.15) is 5.75 Å². The third-order valence-electron chi connectivity index (χ3n) is 3.62. The monoisotopic (exact) mass is 360 g/mol. The molecule has 0 heterocycles. The average molecular weight is 361 g/mol. The van der Waals surface area contributed by atoms with Crippen LogP contribution in [0.3, 0.4) is 0 Å². The van der Waals surface area contributed by atoms with Crippen molar-refractivity contribution in [2.45, 2.75) is 20.4 Å². The van der Waals surface area contributed by atoms with Crippen LogP contribution in [0, 0.1) is 6.92 Å². The third kappa shape index (κ3) is 5.80. The van der Waals surface area contributed by atoms with Crippen molar-refractivity contribution in [1.29, 1.82) is 0 Å². The normalized spacial score (nSPS) is 10.2. The molecule has 6 heteroatoms. The zero-order valence-electron chi connectivity index (χ0n) is 14.3. The molecular weight excluding hydrogens is 340 g/mol. The highest BCUT2D eigenvalue weighted by molar-refractivity contribution is 6.30. The van der Waals surface area contributed by atoms with E-state index in [1.54, 1.807) is 30.3 Å². The number of amides is 2. The zero-order chi connectivity index (χ0) is 18.2. The van der Waals surface area contributed by atoms with Gasteiger partial charge in [-0.2, -0.15) is 0 Å². The first-order valence-corrected chi connectivity index (χ1v) is 8.40. The molecule has 2 N–H and O–H groups in total. The van der Waals surface area contributed by atoms with Crippen LogP contribution >= 0.6 is 11.6 Å². The van der Waals surface area contributed by atoms with E-state index < -0.39 is 0 Å². The molecule has 2 rings (SSSR count). The van der Waals surface area contributed by atoms with Gasteiger partial charge in [0.15, 0.2) is 0 Å². The number of carbonyl (C=O) groups excluding carboxylic acids is 2. The maximum absolute atomic E-state index is 12.0. The number of hydrogen-bond donors (Lipinski definition) is 2. The van der Waals surface area contributed by atoms with Gasteiger partial charge in [-0.05, 0) is 61.4 Å². The minimum absolute atomic E-state index is 0.0916. The number of benzene rings is 2. The lowest BCUT2D eigenvalue weighted by Crippen LogP contribution is -2.36. The third-order valence-corrected chi connectivity index (χ3v) is 3.86.